The third-order valence-corrected chi connectivity index (χ3v) is 6.06. The molecule has 0 radical (unpaired) electrons. The van der Waals surface area contributed by atoms with E-state index in [1.807, 2.05) is 42.1 Å². The SMILES string of the molecule is Cn1cc([C@H](CC(=O)NCCN2CCOCC2)c2ccccc2[N+](=O)[O-])c2ccccc21. The lowest BCUT2D eigenvalue weighted by Gasteiger charge is -2.26. The molecule has 2 aromatic carbocycles. The van der Waals surface area contributed by atoms with Crippen LogP contribution in [-0.2, 0) is 16.6 Å². The Morgan fingerprint density at radius 3 is 2.62 bits per heavy atom. The van der Waals surface area contributed by atoms with Crippen LogP contribution in [0.1, 0.15) is 23.5 Å². The summed E-state index contributed by atoms with van der Waals surface area (Å²) in [6.07, 6.45) is 2.12. The van der Waals surface area contributed by atoms with E-state index in [2.05, 4.69) is 10.2 Å². The molecule has 0 saturated carbocycles. The van der Waals surface area contributed by atoms with Gasteiger partial charge in [0.2, 0.25) is 5.91 Å². The van der Waals surface area contributed by atoms with Gasteiger partial charge in [-0.3, -0.25) is 19.8 Å². The number of hydrogen-bond acceptors (Lipinski definition) is 5. The molecule has 1 saturated heterocycles. The van der Waals surface area contributed by atoms with Crippen molar-refractivity contribution in [3.8, 4) is 0 Å². The van der Waals surface area contributed by atoms with Crippen molar-refractivity contribution in [2.24, 2.45) is 7.05 Å². The molecule has 2 heterocycles. The summed E-state index contributed by atoms with van der Waals surface area (Å²) in [5.74, 6) is -0.541. The van der Waals surface area contributed by atoms with E-state index in [-0.39, 0.29) is 22.9 Å². The van der Waals surface area contributed by atoms with Crippen molar-refractivity contribution < 1.29 is 14.5 Å². The zero-order valence-corrected chi connectivity index (χ0v) is 18.2. The average Bonchev–Trinajstić information content (AvgIpc) is 3.14. The van der Waals surface area contributed by atoms with E-state index in [0.29, 0.717) is 12.1 Å². The predicted molar refractivity (Wildman–Crippen MR) is 123 cm³/mol. The molecule has 0 unspecified atom stereocenters. The minimum atomic E-state index is -0.425. The van der Waals surface area contributed by atoms with Gasteiger partial charge >= 0.3 is 0 Å². The van der Waals surface area contributed by atoms with Crippen molar-refractivity contribution in [2.45, 2.75) is 12.3 Å². The van der Waals surface area contributed by atoms with Crippen molar-refractivity contribution in [2.75, 3.05) is 39.4 Å². The first kappa shape index (κ1) is 22.0. The molecule has 1 aromatic heterocycles. The van der Waals surface area contributed by atoms with E-state index in [0.717, 1.165) is 49.3 Å². The predicted octanol–water partition coefficient (Wildman–Crippen LogP) is 3.06. The van der Waals surface area contributed by atoms with E-state index in [1.54, 1.807) is 18.2 Å². The molecular formula is C24H28N4O4. The van der Waals surface area contributed by atoms with Crippen molar-refractivity contribution in [1.82, 2.24) is 14.8 Å². The Labute approximate surface area is 186 Å². The highest BCUT2D eigenvalue weighted by atomic mass is 16.6. The summed E-state index contributed by atoms with van der Waals surface area (Å²) in [4.78, 5) is 26.6. The zero-order valence-electron chi connectivity index (χ0n) is 18.2. The van der Waals surface area contributed by atoms with E-state index in [4.69, 9.17) is 4.74 Å². The van der Waals surface area contributed by atoms with Gasteiger partial charge in [0.15, 0.2) is 0 Å². The fraction of sp³-hybridized carbons (Fsp3) is 0.375. The number of nitrogens with zero attached hydrogens (tertiary/aromatic N) is 3. The molecule has 0 spiro atoms. The Balaban J connectivity index is 1.60. The molecule has 1 amide bonds. The number of carbonyl (C=O) groups excluding carboxylic acids is 1. The lowest BCUT2D eigenvalue weighted by atomic mass is 9.87. The first-order valence-corrected chi connectivity index (χ1v) is 10.9. The summed E-state index contributed by atoms with van der Waals surface area (Å²) in [7, 11) is 1.95. The number of nitro groups is 1. The quantitative estimate of drug-likeness (QED) is 0.433. The summed E-state index contributed by atoms with van der Waals surface area (Å²) in [5, 5.41) is 15.7. The summed E-state index contributed by atoms with van der Waals surface area (Å²) in [6.45, 7) is 4.47. The molecule has 8 nitrogen and oxygen atoms in total. The number of nitro benzene ring substituents is 1. The molecule has 1 aliphatic heterocycles. The highest BCUT2D eigenvalue weighted by Gasteiger charge is 2.28. The summed E-state index contributed by atoms with van der Waals surface area (Å²) < 4.78 is 7.36. The van der Waals surface area contributed by atoms with Gasteiger partial charge in [0.05, 0.1) is 18.1 Å². The van der Waals surface area contributed by atoms with Crippen LogP contribution in [0.25, 0.3) is 10.9 Å². The molecule has 0 bridgehead atoms. The number of aryl methyl sites for hydroxylation is 1. The van der Waals surface area contributed by atoms with E-state index < -0.39 is 5.92 Å². The molecule has 8 heteroatoms. The van der Waals surface area contributed by atoms with Crippen molar-refractivity contribution in [1.29, 1.82) is 0 Å². The van der Waals surface area contributed by atoms with Crippen LogP contribution in [0.4, 0.5) is 5.69 Å². The summed E-state index contributed by atoms with van der Waals surface area (Å²) >= 11 is 0. The van der Waals surface area contributed by atoms with Crippen LogP contribution < -0.4 is 5.32 Å². The van der Waals surface area contributed by atoms with Crippen molar-refractivity contribution >= 4 is 22.5 Å². The fourth-order valence-corrected chi connectivity index (χ4v) is 4.42. The molecule has 32 heavy (non-hydrogen) atoms. The highest BCUT2D eigenvalue weighted by Crippen LogP contribution is 2.38. The van der Waals surface area contributed by atoms with Gasteiger partial charge in [-0.25, -0.2) is 0 Å². The van der Waals surface area contributed by atoms with Gasteiger partial charge in [0, 0.05) is 74.3 Å². The smallest absolute Gasteiger partial charge is 0.273 e. The average molecular weight is 437 g/mol. The fourth-order valence-electron chi connectivity index (χ4n) is 4.42. The number of nitrogens with one attached hydrogen (secondary N) is 1. The Kier molecular flexibility index (Phi) is 6.82. The standard InChI is InChI=1S/C24H28N4O4/c1-26-17-21(19-7-2-4-8-22(19)26)20(18-6-3-5-9-23(18)28(30)31)16-24(29)25-10-11-27-12-14-32-15-13-27/h2-9,17,20H,10-16H2,1H3,(H,25,29)/t20-/m1/s1. The van der Waals surface area contributed by atoms with Crippen LogP contribution in [0.3, 0.4) is 0 Å². The topological polar surface area (TPSA) is 89.6 Å². The van der Waals surface area contributed by atoms with Gasteiger partial charge in [-0.2, -0.15) is 0 Å². The summed E-state index contributed by atoms with van der Waals surface area (Å²) in [6, 6.07) is 14.6. The van der Waals surface area contributed by atoms with E-state index in [1.165, 1.54) is 6.07 Å². The number of rotatable bonds is 8. The van der Waals surface area contributed by atoms with Crippen LogP contribution in [0.15, 0.2) is 54.7 Å². The first-order chi connectivity index (χ1) is 15.5. The van der Waals surface area contributed by atoms with Crippen LogP contribution in [0.2, 0.25) is 0 Å². The number of amides is 1. The minimum Gasteiger partial charge on any atom is -0.379 e. The van der Waals surface area contributed by atoms with Gasteiger partial charge in [-0.15, -0.1) is 0 Å². The number of para-hydroxylation sites is 2. The van der Waals surface area contributed by atoms with Gasteiger partial charge in [-0.1, -0.05) is 36.4 Å². The van der Waals surface area contributed by atoms with Crippen LogP contribution in [-0.4, -0.2) is 59.7 Å². The van der Waals surface area contributed by atoms with Crippen LogP contribution >= 0.6 is 0 Å². The Morgan fingerprint density at radius 1 is 1.12 bits per heavy atom. The third kappa shape index (κ3) is 4.81. The van der Waals surface area contributed by atoms with Crippen molar-refractivity contribution in [3.05, 3.63) is 76.0 Å². The maximum absolute atomic E-state index is 12.9. The lowest BCUT2D eigenvalue weighted by molar-refractivity contribution is -0.385. The second-order valence-electron chi connectivity index (χ2n) is 8.09. The molecule has 0 aliphatic carbocycles. The molecule has 1 N–H and O–H groups in total. The Morgan fingerprint density at radius 2 is 1.84 bits per heavy atom. The van der Waals surface area contributed by atoms with Crippen LogP contribution in [0, 0.1) is 10.1 Å². The molecule has 3 aromatic rings. The molecule has 4 rings (SSSR count). The summed E-state index contributed by atoms with van der Waals surface area (Å²) in [5.41, 5.74) is 2.53. The monoisotopic (exact) mass is 436 g/mol. The maximum atomic E-state index is 12.9. The lowest BCUT2D eigenvalue weighted by Crippen LogP contribution is -2.41. The normalized spacial score (nSPS) is 15.5. The molecule has 168 valence electrons. The van der Waals surface area contributed by atoms with Crippen LogP contribution in [0.5, 0.6) is 0 Å². The molecular weight excluding hydrogens is 408 g/mol. The molecule has 1 aliphatic rings. The number of fused-ring (bicyclic) bond motifs is 1. The van der Waals surface area contributed by atoms with E-state index >= 15 is 0 Å². The first-order valence-electron chi connectivity index (χ1n) is 10.9. The third-order valence-electron chi connectivity index (χ3n) is 6.06. The maximum Gasteiger partial charge on any atom is 0.273 e. The number of carbonyl (C=O) groups is 1. The van der Waals surface area contributed by atoms with Gasteiger partial charge in [-0.05, 0) is 11.6 Å². The second kappa shape index (κ2) is 9.93. The van der Waals surface area contributed by atoms with Gasteiger partial charge < -0.3 is 14.6 Å². The van der Waals surface area contributed by atoms with Gasteiger partial charge in [0.25, 0.3) is 5.69 Å². The second-order valence-corrected chi connectivity index (χ2v) is 8.09. The largest absolute Gasteiger partial charge is 0.379 e. The number of hydrogen-bond donors (Lipinski definition) is 1. The minimum absolute atomic E-state index is 0.0338. The van der Waals surface area contributed by atoms with Gasteiger partial charge in [0.1, 0.15) is 0 Å². The Bertz CT molecular complexity index is 1100. The van der Waals surface area contributed by atoms with Crippen molar-refractivity contribution in [3.63, 3.8) is 0 Å². The van der Waals surface area contributed by atoms with E-state index in [9.17, 15) is 14.9 Å². The number of ether oxygens (including phenoxy) is 1. The molecule has 1 fully saturated rings. The highest BCUT2D eigenvalue weighted by molar-refractivity contribution is 5.87. The number of morpholine rings is 1. The number of benzene rings is 2. The Hall–Kier alpha value is -3.23. The number of aromatic nitrogens is 1. The zero-order chi connectivity index (χ0) is 22.5. The molecule has 1 atom stereocenters.